The van der Waals surface area contributed by atoms with Crippen LogP contribution in [-0.2, 0) is 12.8 Å². The van der Waals surface area contributed by atoms with Crippen LogP contribution in [-0.4, -0.2) is 36.9 Å². The molecule has 0 N–H and O–H groups in total. The zero-order valence-corrected chi connectivity index (χ0v) is 17.0. The maximum absolute atomic E-state index is 12.7. The zero-order chi connectivity index (χ0) is 19.5. The Balaban J connectivity index is 1.91. The standard InChI is InChI=1S/C24H33NO2/c1-4-9-20-12-14-21(15-13-20)16-17-23(26)22-10-7-8-11-24(22)27-19-18-25(5-2)6-3/h7-8,10-15H,4-6,9,16-19H2,1-3H3. The van der Waals surface area contributed by atoms with Gasteiger partial charge in [-0.25, -0.2) is 0 Å². The third-order valence-electron chi connectivity index (χ3n) is 4.95. The van der Waals surface area contributed by atoms with E-state index in [2.05, 4.69) is 49.9 Å². The van der Waals surface area contributed by atoms with Crippen LogP contribution in [0.5, 0.6) is 5.75 Å². The largest absolute Gasteiger partial charge is 0.491 e. The van der Waals surface area contributed by atoms with Crippen molar-refractivity contribution >= 4 is 5.78 Å². The minimum absolute atomic E-state index is 0.145. The van der Waals surface area contributed by atoms with Gasteiger partial charge in [-0.05, 0) is 49.2 Å². The van der Waals surface area contributed by atoms with Crippen molar-refractivity contribution in [2.45, 2.75) is 46.5 Å². The molecule has 0 aliphatic rings. The highest BCUT2D eigenvalue weighted by Crippen LogP contribution is 2.21. The molecule has 0 radical (unpaired) electrons. The number of carbonyl (C=O) groups is 1. The Morgan fingerprint density at radius 2 is 1.52 bits per heavy atom. The smallest absolute Gasteiger partial charge is 0.166 e. The van der Waals surface area contributed by atoms with Crippen LogP contribution in [0.1, 0.15) is 55.1 Å². The summed E-state index contributed by atoms with van der Waals surface area (Å²) < 4.78 is 5.92. The number of rotatable bonds is 12. The zero-order valence-electron chi connectivity index (χ0n) is 17.0. The Morgan fingerprint density at radius 3 is 2.15 bits per heavy atom. The fourth-order valence-electron chi connectivity index (χ4n) is 3.20. The Labute approximate surface area is 164 Å². The summed E-state index contributed by atoms with van der Waals surface area (Å²) in [5.74, 6) is 0.846. The maximum atomic E-state index is 12.7. The molecule has 0 spiro atoms. The van der Waals surface area contributed by atoms with Crippen LogP contribution in [0.25, 0.3) is 0 Å². The minimum atomic E-state index is 0.145. The molecule has 0 atom stereocenters. The molecule has 0 saturated carbocycles. The number of ketones is 1. The van der Waals surface area contributed by atoms with Gasteiger partial charge in [0.05, 0.1) is 5.56 Å². The number of nitrogens with zero attached hydrogens (tertiary/aromatic N) is 1. The van der Waals surface area contributed by atoms with Gasteiger partial charge in [0.25, 0.3) is 0 Å². The summed E-state index contributed by atoms with van der Waals surface area (Å²) in [4.78, 5) is 15.0. The van der Waals surface area contributed by atoms with Crippen LogP contribution in [0, 0.1) is 0 Å². The fourth-order valence-corrected chi connectivity index (χ4v) is 3.20. The summed E-state index contributed by atoms with van der Waals surface area (Å²) in [7, 11) is 0. The van der Waals surface area contributed by atoms with E-state index < -0.39 is 0 Å². The quantitative estimate of drug-likeness (QED) is 0.484. The second-order valence-corrected chi connectivity index (χ2v) is 6.86. The Hall–Kier alpha value is -2.13. The van der Waals surface area contributed by atoms with Crippen molar-refractivity contribution in [1.82, 2.24) is 4.90 Å². The van der Waals surface area contributed by atoms with Crippen LogP contribution in [0.2, 0.25) is 0 Å². The molecule has 0 aromatic heterocycles. The first-order chi connectivity index (χ1) is 13.2. The number of ether oxygens (including phenoxy) is 1. The summed E-state index contributed by atoms with van der Waals surface area (Å²) in [6, 6.07) is 16.2. The Bertz CT molecular complexity index is 690. The molecule has 27 heavy (non-hydrogen) atoms. The average Bonchev–Trinajstić information content (AvgIpc) is 2.71. The van der Waals surface area contributed by atoms with Crippen molar-refractivity contribution in [3.05, 3.63) is 65.2 Å². The van der Waals surface area contributed by atoms with Crippen molar-refractivity contribution in [2.75, 3.05) is 26.2 Å². The van der Waals surface area contributed by atoms with E-state index in [1.807, 2.05) is 24.3 Å². The SMILES string of the molecule is CCCc1ccc(CCC(=O)c2ccccc2OCCN(CC)CC)cc1. The lowest BCUT2D eigenvalue weighted by atomic mass is 10.0. The number of hydrogen-bond donors (Lipinski definition) is 0. The highest BCUT2D eigenvalue weighted by molar-refractivity contribution is 5.98. The van der Waals surface area contributed by atoms with E-state index in [0.717, 1.165) is 38.9 Å². The molecule has 0 aliphatic carbocycles. The molecule has 0 fully saturated rings. The molecule has 0 amide bonds. The van der Waals surface area contributed by atoms with E-state index >= 15 is 0 Å². The number of likely N-dealkylation sites (N-methyl/N-ethyl adjacent to an activating group) is 1. The van der Waals surface area contributed by atoms with E-state index in [-0.39, 0.29) is 5.78 Å². The molecular formula is C24H33NO2. The molecule has 146 valence electrons. The number of Topliss-reactive ketones (excluding diaryl/α,β-unsaturated/α-hetero) is 1. The average molecular weight is 368 g/mol. The minimum Gasteiger partial charge on any atom is -0.491 e. The predicted molar refractivity (Wildman–Crippen MR) is 113 cm³/mol. The number of aryl methyl sites for hydroxylation is 2. The van der Waals surface area contributed by atoms with Gasteiger partial charge in [-0.15, -0.1) is 0 Å². The van der Waals surface area contributed by atoms with E-state index in [1.54, 1.807) is 0 Å². The first kappa shape index (κ1) is 21.2. The second-order valence-electron chi connectivity index (χ2n) is 6.86. The number of benzene rings is 2. The van der Waals surface area contributed by atoms with Crippen molar-refractivity contribution in [2.24, 2.45) is 0 Å². The highest BCUT2D eigenvalue weighted by Gasteiger charge is 2.12. The lowest BCUT2D eigenvalue weighted by Crippen LogP contribution is -2.28. The van der Waals surface area contributed by atoms with Crippen molar-refractivity contribution < 1.29 is 9.53 Å². The van der Waals surface area contributed by atoms with Crippen LogP contribution >= 0.6 is 0 Å². The molecule has 0 bridgehead atoms. The lowest BCUT2D eigenvalue weighted by Gasteiger charge is -2.18. The van der Waals surface area contributed by atoms with Crippen LogP contribution in [0.15, 0.2) is 48.5 Å². The van der Waals surface area contributed by atoms with Crippen LogP contribution in [0.3, 0.4) is 0 Å². The molecule has 3 nitrogen and oxygen atoms in total. The van der Waals surface area contributed by atoms with Gasteiger partial charge in [0.1, 0.15) is 12.4 Å². The second kappa shape index (κ2) is 11.6. The van der Waals surface area contributed by atoms with E-state index in [9.17, 15) is 4.79 Å². The van der Waals surface area contributed by atoms with Gasteiger partial charge in [0, 0.05) is 13.0 Å². The van der Waals surface area contributed by atoms with Crippen molar-refractivity contribution in [1.29, 1.82) is 0 Å². The fraction of sp³-hybridized carbons (Fsp3) is 0.458. The van der Waals surface area contributed by atoms with Crippen LogP contribution in [0.4, 0.5) is 0 Å². The van der Waals surface area contributed by atoms with Crippen molar-refractivity contribution in [3.8, 4) is 5.75 Å². The number of hydrogen-bond acceptors (Lipinski definition) is 3. The summed E-state index contributed by atoms with van der Waals surface area (Å²) >= 11 is 0. The number of carbonyl (C=O) groups excluding carboxylic acids is 1. The molecule has 0 unspecified atom stereocenters. The summed E-state index contributed by atoms with van der Waals surface area (Å²) in [5.41, 5.74) is 3.27. The monoisotopic (exact) mass is 367 g/mol. The molecule has 0 saturated heterocycles. The maximum Gasteiger partial charge on any atom is 0.166 e. The van der Waals surface area contributed by atoms with Gasteiger partial charge in [0.2, 0.25) is 0 Å². The normalized spacial score (nSPS) is 11.0. The molecule has 2 aromatic carbocycles. The third kappa shape index (κ3) is 6.84. The van der Waals surface area contributed by atoms with E-state index in [4.69, 9.17) is 4.74 Å². The summed E-state index contributed by atoms with van der Waals surface area (Å²) in [6.45, 7) is 9.99. The van der Waals surface area contributed by atoms with Gasteiger partial charge >= 0.3 is 0 Å². The van der Waals surface area contributed by atoms with Crippen LogP contribution < -0.4 is 4.74 Å². The molecule has 3 heteroatoms. The predicted octanol–water partition coefficient (Wildman–Crippen LogP) is 5.18. The topological polar surface area (TPSA) is 29.5 Å². The van der Waals surface area contributed by atoms with Gasteiger partial charge in [-0.1, -0.05) is 63.6 Å². The lowest BCUT2D eigenvalue weighted by molar-refractivity contribution is 0.0978. The van der Waals surface area contributed by atoms with Gasteiger partial charge < -0.3 is 9.64 Å². The van der Waals surface area contributed by atoms with Gasteiger partial charge in [-0.3, -0.25) is 4.79 Å². The van der Waals surface area contributed by atoms with E-state index in [0.29, 0.717) is 24.3 Å². The molecule has 0 aliphatic heterocycles. The summed E-state index contributed by atoms with van der Waals surface area (Å²) in [5, 5.41) is 0. The first-order valence-corrected chi connectivity index (χ1v) is 10.2. The Morgan fingerprint density at radius 1 is 0.889 bits per heavy atom. The van der Waals surface area contributed by atoms with Gasteiger partial charge in [0.15, 0.2) is 5.78 Å². The first-order valence-electron chi connectivity index (χ1n) is 10.2. The molecular weight excluding hydrogens is 334 g/mol. The van der Waals surface area contributed by atoms with Gasteiger partial charge in [-0.2, -0.15) is 0 Å². The molecule has 0 heterocycles. The number of para-hydroxylation sites is 1. The van der Waals surface area contributed by atoms with Crippen molar-refractivity contribution in [3.63, 3.8) is 0 Å². The summed E-state index contributed by atoms with van der Waals surface area (Å²) in [6.07, 6.45) is 3.53. The van der Waals surface area contributed by atoms with E-state index in [1.165, 1.54) is 11.1 Å². The molecule has 2 rings (SSSR count). The third-order valence-corrected chi connectivity index (χ3v) is 4.95. The molecule has 2 aromatic rings. The Kier molecular flexibility index (Phi) is 9.06. The highest BCUT2D eigenvalue weighted by atomic mass is 16.5.